The van der Waals surface area contributed by atoms with Crippen LogP contribution in [0.4, 0.5) is 5.69 Å². The molecule has 0 aliphatic carbocycles. The topological polar surface area (TPSA) is 63.7 Å². The van der Waals surface area contributed by atoms with Crippen molar-refractivity contribution in [3.05, 3.63) is 141 Å². The molecule has 192 valence electrons. The first-order valence-electron chi connectivity index (χ1n) is 12.7. The van der Waals surface area contributed by atoms with Crippen LogP contribution in [0.15, 0.2) is 119 Å². The average molecular weight is 578 g/mol. The Bertz CT molecular complexity index is 1620. The molecule has 2 heterocycles. The van der Waals surface area contributed by atoms with E-state index in [-0.39, 0.29) is 30.1 Å². The minimum atomic E-state index is -1.52. The number of carbonyl (C=O) groups excluding carboxylic acids is 3. The average Bonchev–Trinajstić information content (AvgIpc) is 3.17. The molecule has 2 aliphatic rings. The summed E-state index contributed by atoms with van der Waals surface area (Å²) in [5.41, 5.74) is 3.03. The van der Waals surface area contributed by atoms with E-state index >= 15 is 0 Å². The molecule has 6 rings (SSSR count). The van der Waals surface area contributed by atoms with Gasteiger partial charge < -0.3 is 9.64 Å². The molecule has 0 N–H and O–H groups in total. The number of nitrogens with zero attached hydrogens (tertiary/aromatic N) is 1. The number of esters is 1. The predicted molar refractivity (Wildman–Crippen MR) is 153 cm³/mol. The van der Waals surface area contributed by atoms with E-state index in [4.69, 9.17) is 4.74 Å². The zero-order valence-corrected chi connectivity index (χ0v) is 22.6. The number of rotatable bonds is 6. The molecule has 1 spiro atoms. The molecule has 0 fully saturated rings. The standard InChI is InChI=1S/C33H24BrNO4/c34-25-16-17-28-29(18-25)35(21-22-10-4-1-5-11-22)32(38)33(28)20-27(23-12-6-2-7-13-23)26(31(37)39-33)19-30(36)24-14-8-3-9-15-24/h1-18H,19-21H2/t33-/m0/s1. The summed E-state index contributed by atoms with van der Waals surface area (Å²) in [6.07, 6.45) is 0.0250. The fourth-order valence-electron chi connectivity index (χ4n) is 5.42. The fourth-order valence-corrected chi connectivity index (χ4v) is 5.77. The zero-order chi connectivity index (χ0) is 27.0. The number of fused-ring (bicyclic) bond motifs is 2. The summed E-state index contributed by atoms with van der Waals surface area (Å²) in [6, 6.07) is 33.7. The van der Waals surface area contributed by atoms with E-state index in [1.165, 1.54) is 0 Å². The molecule has 0 unspecified atom stereocenters. The van der Waals surface area contributed by atoms with Gasteiger partial charge in [0.05, 0.1) is 12.2 Å². The van der Waals surface area contributed by atoms with Crippen LogP contribution in [-0.4, -0.2) is 17.7 Å². The van der Waals surface area contributed by atoms with Gasteiger partial charge in [-0.05, 0) is 28.8 Å². The van der Waals surface area contributed by atoms with Crippen molar-refractivity contribution in [3.8, 4) is 0 Å². The van der Waals surface area contributed by atoms with E-state index in [2.05, 4.69) is 15.9 Å². The van der Waals surface area contributed by atoms with Gasteiger partial charge in [-0.15, -0.1) is 0 Å². The Morgan fingerprint density at radius 1 is 0.846 bits per heavy atom. The molecule has 0 saturated heterocycles. The largest absolute Gasteiger partial charge is 0.440 e. The lowest BCUT2D eigenvalue weighted by molar-refractivity contribution is -0.165. The highest BCUT2D eigenvalue weighted by atomic mass is 79.9. The molecule has 4 aromatic carbocycles. The van der Waals surface area contributed by atoms with Crippen LogP contribution in [0, 0.1) is 0 Å². The first-order chi connectivity index (χ1) is 19.0. The van der Waals surface area contributed by atoms with Crippen LogP contribution in [0.1, 0.15) is 39.9 Å². The van der Waals surface area contributed by atoms with Crippen molar-refractivity contribution < 1.29 is 19.1 Å². The van der Waals surface area contributed by atoms with Gasteiger partial charge in [-0.25, -0.2) is 4.79 Å². The summed E-state index contributed by atoms with van der Waals surface area (Å²) in [7, 11) is 0. The number of halogens is 1. The molecule has 1 atom stereocenters. The summed E-state index contributed by atoms with van der Waals surface area (Å²) >= 11 is 3.54. The van der Waals surface area contributed by atoms with Crippen LogP contribution < -0.4 is 4.90 Å². The first kappa shape index (κ1) is 25.0. The lowest BCUT2D eigenvalue weighted by Gasteiger charge is -2.35. The highest BCUT2D eigenvalue weighted by Gasteiger charge is 2.57. The van der Waals surface area contributed by atoms with Crippen molar-refractivity contribution >= 4 is 44.9 Å². The SMILES string of the molecule is O=C1O[C@]2(CC(c3ccccc3)=C1CC(=O)c1ccccc1)C(=O)N(Cc1ccccc1)c1cc(Br)ccc12. The molecule has 0 bridgehead atoms. The number of ketones is 1. The molecule has 2 aliphatic heterocycles. The maximum Gasteiger partial charge on any atom is 0.336 e. The number of hydrogen-bond acceptors (Lipinski definition) is 4. The van der Waals surface area contributed by atoms with Crippen molar-refractivity contribution in [2.75, 3.05) is 4.90 Å². The van der Waals surface area contributed by atoms with Crippen LogP contribution in [0.5, 0.6) is 0 Å². The Kier molecular flexibility index (Phi) is 6.49. The molecular weight excluding hydrogens is 554 g/mol. The predicted octanol–water partition coefficient (Wildman–Crippen LogP) is 6.86. The van der Waals surface area contributed by atoms with Gasteiger partial charge in [0.25, 0.3) is 5.91 Å². The van der Waals surface area contributed by atoms with E-state index in [0.717, 1.165) is 15.6 Å². The third kappa shape index (κ3) is 4.51. The monoisotopic (exact) mass is 577 g/mol. The van der Waals surface area contributed by atoms with E-state index < -0.39 is 11.6 Å². The van der Waals surface area contributed by atoms with Gasteiger partial charge in [0, 0.05) is 34.0 Å². The summed E-state index contributed by atoms with van der Waals surface area (Å²) in [5.74, 6) is -1.12. The third-order valence-corrected chi connectivity index (χ3v) is 7.81. The van der Waals surface area contributed by atoms with Gasteiger partial charge in [-0.2, -0.15) is 0 Å². The molecule has 6 heteroatoms. The molecular formula is C33H24BrNO4. The number of hydrogen-bond donors (Lipinski definition) is 0. The zero-order valence-electron chi connectivity index (χ0n) is 21.0. The number of benzene rings is 4. The molecule has 5 nitrogen and oxygen atoms in total. The summed E-state index contributed by atoms with van der Waals surface area (Å²) in [5, 5.41) is 0. The van der Waals surface area contributed by atoms with E-state index in [9.17, 15) is 14.4 Å². The maximum absolute atomic E-state index is 14.3. The second-order valence-electron chi connectivity index (χ2n) is 9.72. The summed E-state index contributed by atoms with van der Waals surface area (Å²) in [4.78, 5) is 42.9. The fraction of sp³-hybridized carbons (Fsp3) is 0.121. The van der Waals surface area contributed by atoms with Gasteiger partial charge in [0.15, 0.2) is 5.78 Å². The quantitative estimate of drug-likeness (QED) is 0.185. The molecule has 0 aromatic heterocycles. The third-order valence-electron chi connectivity index (χ3n) is 7.32. The second-order valence-corrected chi connectivity index (χ2v) is 10.6. The number of amides is 1. The van der Waals surface area contributed by atoms with Crippen molar-refractivity contribution in [3.63, 3.8) is 0 Å². The van der Waals surface area contributed by atoms with Gasteiger partial charge >= 0.3 is 5.97 Å². The Morgan fingerprint density at radius 3 is 2.18 bits per heavy atom. The Hall–Kier alpha value is -4.29. The first-order valence-corrected chi connectivity index (χ1v) is 13.5. The number of Topliss-reactive ketones (excluding diaryl/α,β-unsaturated/α-hetero) is 1. The maximum atomic E-state index is 14.3. The highest BCUT2D eigenvalue weighted by molar-refractivity contribution is 9.10. The van der Waals surface area contributed by atoms with Gasteiger partial charge in [0.2, 0.25) is 5.60 Å². The molecule has 39 heavy (non-hydrogen) atoms. The van der Waals surface area contributed by atoms with Crippen molar-refractivity contribution in [2.45, 2.75) is 25.0 Å². The van der Waals surface area contributed by atoms with Crippen LogP contribution in [-0.2, 0) is 26.5 Å². The van der Waals surface area contributed by atoms with Crippen LogP contribution >= 0.6 is 15.9 Å². The van der Waals surface area contributed by atoms with Crippen molar-refractivity contribution in [2.24, 2.45) is 0 Å². The minimum Gasteiger partial charge on any atom is -0.440 e. The van der Waals surface area contributed by atoms with Crippen molar-refractivity contribution in [1.82, 2.24) is 0 Å². The summed E-state index contributed by atoms with van der Waals surface area (Å²) in [6.45, 7) is 0.339. The smallest absolute Gasteiger partial charge is 0.336 e. The minimum absolute atomic E-state index is 0.113. The lowest BCUT2D eigenvalue weighted by Crippen LogP contribution is -2.46. The lowest BCUT2D eigenvalue weighted by atomic mass is 9.80. The van der Waals surface area contributed by atoms with Gasteiger partial charge in [-0.1, -0.05) is 113 Å². The van der Waals surface area contributed by atoms with E-state index in [0.29, 0.717) is 28.9 Å². The highest BCUT2D eigenvalue weighted by Crippen LogP contribution is 2.52. The normalized spacial score (nSPS) is 18.3. The molecule has 0 radical (unpaired) electrons. The molecule has 4 aromatic rings. The van der Waals surface area contributed by atoms with Crippen LogP contribution in [0.2, 0.25) is 0 Å². The second kappa shape index (κ2) is 10.1. The number of carbonyl (C=O) groups is 3. The molecule has 0 saturated carbocycles. The number of ether oxygens (including phenoxy) is 1. The van der Waals surface area contributed by atoms with Crippen LogP contribution in [0.25, 0.3) is 5.57 Å². The van der Waals surface area contributed by atoms with E-state index in [1.807, 2.05) is 84.9 Å². The van der Waals surface area contributed by atoms with Crippen LogP contribution in [0.3, 0.4) is 0 Å². The van der Waals surface area contributed by atoms with E-state index in [1.54, 1.807) is 29.2 Å². The Labute approximate surface area is 234 Å². The Morgan fingerprint density at radius 2 is 1.49 bits per heavy atom. The summed E-state index contributed by atoms with van der Waals surface area (Å²) < 4.78 is 6.95. The molecule has 1 amide bonds. The van der Waals surface area contributed by atoms with Gasteiger partial charge in [-0.3, -0.25) is 9.59 Å². The van der Waals surface area contributed by atoms with Gasteiger partial charge in [0.1, 0.15) is 0 Å². The Balaban J connectivity index is 1.46. The van der Waals surface area contributed by atoms with Crippen molar-refractivity contribution in [1.29, 1.82) is 0 Å². The number of anilines is 1.